The van der Waals surface area contributed by atoms with Gasteiger partial charge < -0.3 is 19.4 Å². The molecule has 1 aliphatic heterocycles. The van der Waals surface area contributed by atoms with Crippen molar-refractivity contribution in [2.75, 3.05) is 18.4 Å². The first kappa shape index (κ1) is 23.7. The number of amides is 2. The zero-order chi connectivity index (χ0) is 24.6. The van der Waals surface area contributed by atoms with Crippen LogP contribution in [-0.4, -0.2) is 42.0 Å². The van der Waals surface area contributed by atoms with Crippen LogP contribution >= 0.6 is 0 Å². The molecule has 0 spiro atoms. The number of furan rings is 1. The number of ether oxygens (including phenoxy) is 1. The monoisotopic (exact) mass is 471 g/mol. The first-order chi connectivity index (χ1) is 17.0. The highest BCUT2D eigenvalue weighted by Gasteiger charge is 2.27. The number of hydrogen-bond acceptors (Lipinski definition) is 6. The van der Waals surface area contributed by atoms with Gasteiger partial charge in [-0.05, 0) is 56.2 Å². The van der Waals surface area contributed by atoms with E-state index in [2.05, 4.69) is 15.3 Å². The van der Waals surface area contributed by atoms with Crippen LogP contribution < -0.4 is 10.1 Å². The number of amidine groups is 1. The number of carbonyl (C=O) groups excluding carboxylic acids is 2. The lowest BCUT2D eigenvalue weighted by Gasteiger charge is -2.22. The van der Waals surface area contributed by atoms with Crippen molar-refractivity contribution >= 4 is 40.7 Å². The Morgan fingerprint density at radius 3 is 2.89 bits per heavy atom. The minimum Gasteiger partial charge on any atom is -0.461 e. The third-order valence-corrected chi connectivity index (χ3v) is 5.54. The number of aliphatic imine (C=N–C) groups is 2. The van der Waals surface area contributed by atoms with Gasteiger partial charge in [0.1, 0.15) is 17.1 Å². The molecule has 1 atom stereocenters. The number of rotatable bonds is 5. The highest BCUT2D eigenvalue weighted by Crippen LogP contribution is 2.23. The first-order valence-corrected chi connectivity index (χ1v) is 11.3. The van der Waals surface area contributed by atoms with E-state index in [0.717, 1.165) is 29.6 Å². The molecule has 9 heteroatoms. The normalized spacial score (nSPS) is 16.8. The number of nitrogens with zero attached hydrogens (tertiary/aromatic N) is 4. The smallest absolute Gasteiger partial charge is 0.332 e. The van der Waals surface area contributed by atoms with Crippen LogP contribution in [0.2, 0.25) is 0 Å². The van der Waals surface area contributed by atoms with Crippen LogP contribution in [0.15, 0.2) is 69.0 Å². The van der Waals surface area contributed by atoms with Crippen molar-refractivity contribution in [3.05, 3.63) is 60.4 Å². The lowest BCUT2D eigenvalue weighted by molar-refractivity contribution is -0.135. The molecule has 178 valence electrons. The van der Waals surface area contributed by atoms with E-state index in [4.69, 9.17) is 14.4 Å². The number of hydrogen-bond donors (Lipinski definition) is 1. The van der Waals surface area contributed by atoms with Crippen molar-refractivity contribution in [2.24, 2.45) is 15.9 Å². The fourth-order valence-electron chi connectivity index (χ4n) is 3.93. The van der Waals surface area contributed by atoms with Gasteiger partial charge in [-0.2, -0.15) is 5.26 Å². The summed E-state index contributed by atoms with van der Waals surface area (Å²) in [5, 5.41) is 12.7. The molecule has 0 saturated carbocycles. The Labute approximate surface area is 202 Å². The van der Waals surface area contributed by atoms with Crippen molar-refractivity contribution in [3.8, 4) is 11.9 Å². The number of anilines is 1. The number of benzene rings is 2. The number of carbonyl (C=O) groups is 2. The molecule has 0 bridgehead atoms. The van der Waals surface area contributed by atoms with Gasteiger partial charge in [-0.15, -0.1) is 4.99 Å². The van der Waals surface area contributed by atoms with E-state index in [0.29, 0.717) is 24.4 Å². The molecular formula is C26H25N5O4. The highest BCUT2D eigenvalue weighted by molar-refractivity contribution is 6.01. The highest BCUT2D eigenvalue weighted by atomic mass is 16.5. The van der Waals surface area contributed by atoms with E-state index in [1.807, 2.05) is 25.1 Å². The van der Waals surface area contributed by atoms with Crippen molar-refractivity contribution in [1.82, 2.24) is 4.90 Å². The SMILES string of the molecule is Cc1cc2cc(NC(=O)CN3CCCCC(/C=N\C(=NC#N)Oc4ccccc4)C3=O)ccc2o1. The van der Waals surface area contributed by atoms with Crippen LogP contribution in [-0.2, 0) is 9.59 Å². The predicted molar refractivity (Wildman–Crippen MR) is 132 cm³/mol. The van der Waals surface area contributed by atoms with Gasteiger partial charge in [-0.25, -0.2) is 4.99 Å². The molecule has 1 saturated heterocycles. The molecular weight excluding hydrogens is 446 g/mol. The topological polar surface area (TPSA) is 120 Å². The van der Waals surface area contributed by atoms with Gasteiger partial charge >= 0.3 is 6.02 Å². The summed E-state index contributed by atoms with van der Waals surface area (Å²) in [7, 11) is 0. The van der Waals surface area contributed by atoms with Crippen molar-refractivity contribution < 1.29 is 18.7 Å². The Bertz CT molecular complexity index is 1310. The summed E-state index contributed by atoms with van der Waals surface area (Å²) in [5.74, 6) is 0.253. The van der Waals surface area contributed by atoms with Crippen LogP contribution in [0.1, 0.15) is 25.0 Å². The van der Waals surface area contributed by atoms with Gasteiger partial charge in [-0.1, -0.05) is 24.6 Å². The Morgan fingerprint density at radius 2 is 2.09 bits per heavy atom. The second-order valence-corrected chi connectivity index (χ2v) is 8.21. The summed E-state index contributed by atoms with van der Waals surface area (Å²) in [6.45, 7) is 2.29. The minimum atomic E-state index is -0.543. The molecule has 2 heterocycles. The molecule has 1 aromatic heterocycles. The fourth-order valence-corrected chi connectivity index (χ4v) is 3.93. The van der Waals surface area contributed by atoms with Crippen LogP contribution in [0.3, 0.4) is 0 Å². The van der Waals surface area contributed by atoms with Gasteiger partial charge in [0.25, 0.3) is 0 Å². The molecule has 1 aliphatic rings. The Hall–Kier alpha value is -4.45. The molecule has 3 aromatic rings. The Kier molecular flexibility index (Phi) is 7.53. The lowest BCUT2D eigenvalue weighted by atomic mass is 10.0. The second kappa shape index (κ2) is 11.1. The van der Waals surface area contributed by atoms with E-state index in [1.165, 1.54) is 6.21 Å². The molecule has 0 radical (unpaired) electrons. The molecule has 1 unspecified atom stereocenters. The molecule has 9 nitrogen and oxygen atoms in total. The van der Waals surface area contributed by atoms with E-state index >= 15 is 0 Å². The van der Waals surface area contributed by atoms with Crippen molar-refractivity contribution in [1.29, 1.82) is 5.26 Å². The Morgan fingerprint density at radius 1 is 1.26 bits per heavy atom. The van der Waals surface area contributed by atoms with E-state index in [9.17, 15) is 9.59 Å². The molecule has 35 heavy (non-hydrogen) atoms. The summed E-state index contributed by atoms with van der Waals surface area (Å²) < 4.78 is 11.1. The van der Waals surface area contributed by atoms with Crippen LogP contribution in [0.4, 0.5) is 5.69 Å². The maximum atomic E-state index is 13.1. The third kappa shape index (κ3) is 6.32. The van der Waals surface area contributed by atoms with Crippen molar-refractivity contribution in [3.63, 3.8) is 0 Å². The average molecular weight is 472 g/mol. The van der Waals surface area contributed by atoms with Crippen molar-refractivity contribution in [2.45, 2.75) is 26.2 Å². The fraction of sp³-hybridized carbons (Fsp3) is 0.269. The van der Waals surface area contributed by atoms with Crippen LogP contribution in [0.25, 0.3) is 11.0 Å². The largest absolute Gasteiger partial charge is 0.461 e. The zero-order valence-electron chi connectivity index (χ0n) is 19.3. The summed E-state index contributed by atoms with van der Waals surface area (Å²) in [5.41, 5.74) is 1.39. The van der Waals surface area contributed by atoms with E-state index in [-0.39, 0.29) is 24.4 Å². The summed E-state index contributed by atoms with van der Waals surface area (Å²) in [6.07, 6.45) is 5.29. The molecule has 4 rings (SSSR count). The number of para-hydroxylation sites is 1. The number of aryl methyl sites for hydroxylation is 1. The maximum absolute atomic E-state index is 13.1. The number of nitrogens with one attached hydrogen (secondary N) is 1. The number of fused-ring (bicyclic) bond motifs is 1. The molecule has 2 aromatic carbocycles. The van der Waals surface area contributed by atoms with Gasteiger partial charge in [-0.3, -0.25) is 9.59 Å². The van der Waals surface area contributed by atoms with Gasteiger partial charge in [0.05, 0.1) is 12.5 Å². The van der Waals surface area contributed by atoms with Gasteiger partial charge in [0.2, 0.25) is 18.0 Å². The minimum absolute atomic E-state index is 0.0642. The van der Waals surface area contributed by atoms with Gasteiger partial charge in [0.15, 0.2) is 0 Å². The predicted octanol–water partition coefficient (Wildman–Crippen LogP) is 4.30. The van der Waals surface area contributed by atoms with E-state index in [1.54, 1.807) is 47.5 Å². The summed E-state index contributed by atoms with van der Waals surface area (Å²) >= 11 is 0. The van der Waals surface area contributed by atoms with Crippen LogP contribution in [0.5, 0.6) is 5.75 Å². The van der Waals surface area contributed by atoms with E-state index < -0.39 is 5.92 Å². The number of nitriles is 1. The third-order valence-electron chi connectivity index (χ3n) is 5.54. The van der Waals surface area contributed by atoms with Crippen LogP contribution in [0, 0.1) is 24.3 Å². The molecule has 2 amide bonds. The molecule has 0 aliphatic carbocycles. The quantitative estimate of drug-likeness (QED) is 0.338. The summed E-state index contributed by atoms with van der Waals surface area (Å²) in [6, 6.07) is 16.0. The number of likely N-dealkylation sites (tertiary alicyclic amines) is 1. The Balaban J connectivity index is 1.40. The standard InChI is InChI=1S/C26H25N5O4/c1-18-13-20-14-21(10-11-23(20)34-18)30-24(32)16-31-12-6-5-7-19(25(31)33)15-28-26(29-17-27)35-22-8-3-2-4-9-22/h2-4,8-11,13-15,19H,5-7,12,16H2,1H3,(H,30,32)/b28-15-,29-26?. The first-order valence-electron chi connectivity index (χ1n) is 11.3. The molecule has 1 fully saturated rings. The maximum Gasteiger partial charge on any atom is 0.332 e. The second-order valence-electron chi connectivity index (χ2n) is 8.21. The zero-order valence-corrected chi connectivity index (χ0v) is 19.3. The molecule has 1 N–H and O–H groups in total. The summed E-state index contributed by atoms with van der Waals surface area (Å²) in [4.78, 5) is 35.1. The van der Waals surface area contributed by atoms with Gasteiger partial charge in [0, 0.05) is 23.8 Å². The lowest BCUT2D eigenvalue weighted by Crippen LogP contribution is -2.41. The average Bonchev–Trinajstić information content (AvgIpc) is 3.13.